The lowest BCUT2D eigenvalue weighted by atomic mass is 10.0. The van der Waals surface area contributed by atoms with E-state index in [9.17, 15) is 22.8 Å². The molecule has 4 aromatic rings. The molecule has 0 unspecified atom stereocenters. The highest BCUT2D eigenvalue weighted by molar-refractivity contribution is 6.07. The van der Waals surface area contributed by atoms with Gasteiger partial charge in [-0.25, -0.2) is 14.4 Å². The van der Waals surface area contributed by atoms with Crippen LogP contribution in [0.1, 0.15) is 40.7 Å². The maximum absolute atomic E-state index is 16.0. The Bertz CT molecular complexity index is 1920. The number of nitrogens with one attached hydrogen (secondary N) is 2. The number of ether oxygens (including phenoxy) is 1. The van der Waals surface area contributed by atoms with E-state index in [1.54, 1.807) is 0 Å². The molecule has 14 heteroatoms. The van der Waals surface area contributed by atoms with Crippen LogP contribution in [0.15, 0.2) is 65.8 Å². The molecule has 1 amide bonds. The van der Waals surface area contributed by atoms with E-state index in [4.69, 9.17) is 4.74 Å². The molecule has 10 nitrogen and oxygen atoms in total. The van der Waals surface area contributed by atoms with E-state index in [1.165, 1.54) is 42.9 Å². The fourth-order valence-corrected chi connectivity index (χ4v) is 6.75. The van der Waals surface area contributed by atoms with Crippen molar-refractivity contribution < 1.29 is 27.1 Å². The lowest BCUT2D eigenvalue weighted by Gasteiger charge is -2.30. The van der Waals surface area contributed by atoms with Crippen LogP contribution >= 0.6 is 0 Å². The zero-order chi connectivity index (χ0) is 35.0. The van der Waals surface area contributed by atoms with Crippen molar-refractivity contribution in [2.24, 2.45) is 5.92 Å². The lowest BCUT2D eigenvalue weighted by molar-refractivity contribution is -0.138. The number of H-pyrrole nitrogens is 1. The summed E-state index contributed by atoms with van der Waals surface area (Å²) in [6.45, 7) is 3.30. The lowest BCUT2D eigenvalue weighted by Crippen LogP contribution is -2.37. The zero-order valence-electron chi connectivity index (χ0n) is 27.5. The number of rotatable bonds is 9. The molecule has 2 aromatic heterocycles. The SMILES string of the molecule is CN(c1ccccc1CC1CC1)[C@@H]1CCN(c2cc(F)c(-c3cnc(N4CCOCC4)nc3)cc2NC(=O)c2c[nH]c(=O)cc2C(F)(F)F)C1. The fraction of sp³-hybridized carbons (Fsp3) is 0.389. The molecular formula is C36H37F4N7O3. The minimum absolute atomic E-state index is 0.0544. The van der Waals surface area contributed by atoms with Crippen LogP contribution < -0.4 is 25.6 Å². The summed E-state index contributed by atoms with van der Waals surface area (Å²) in [7, 11) is 2.04. The van der Waals surface area contributed by atoms with Crippen molar-refractivity contribution >= 4 is 28.9 Å². The Kier molecular flexibility index (Phi) is 9.21. The Morgan fingerprint density at radius 2 is 1.78 bits per heavy atom. The molecule has 1 aliphatic carbocycles. The number of morpholine rings is 1. The Balaban J connectivity index is 1.21. The molecule has 0 spiro atoms. The number of anilines is 4. The second-order valence-corrected chi connectivity index (χ2v) is 13.1. The van der Waals surface area contributed by atoms with Gasteiger partial charge in [0.2, 0.25) is 11.5 Å². The van der Waals surface area contributed by atoms with Crippen molar-refractivity contribution in [2.75, 3.05) is 66.5 Å². The fourth-order valence-electron chi connectivity index (χ4n) is 6.75. The number of aromatic nitrogens is 3. The van der Waals surface area contributed by atoms with Crippen molar-refractivity contribution in [1.82, 2.24) is 15.0 Å². The van der Waals surface area contributed by atoms with Gasteiger partial charge in [-0.05, 0) is 55.4 Å². The topological polar surface area (TPSA) is 107 Å². The summed E-state index contributed by atoms with van der Waals surface area (Å²) in [6, 6.07) is 11.4. The van der Waals surface area contributed by atoms with Crippen LogP contribution in [0.4, 0.5) is 40.6 Å². The number of hydrogen-bond donors (Lipinski definition) is 2. The van der Waals surface area contributed by atoms with Gasteiger partial charge < -0.3 is 29.7 Å². The van der Waals surface area contributed by atoms with Crippen molar-refractivity contribution in [3.63, 3.8) is 0 Å². The molecule has 50 heavy (non-hydrogen) atoms. The van der Waals surface area contributed by atoms with Gasteiger partial charge in [0.1, 0.15) is 5.82 Å². The number of carbonyl (C=O) groups excluding carboxylic acids is 1. The van der Waals surface area contributed by atoms with Crippen LogP contribution in [0.25, 0.3) is 11.1 Å². The van der Waals surface area contributed by atoms with Gasteiger partial charge in [-0.2, -0.15) is 13.2 Å². The molecule has 2 aromatic carbocycles. The summed E-state index contributed by atoms with van der Waals surface area (Å²) in [4.78, 5) is 42.4. The third-order valence-corrected chi connectivity index (χ3v) is 9.68. The minimum Gasteiger partial charge on any atom is -0.378 e. The average molecular weight is 692 g/mol. The molecule has 0 radical (unpaired) electrons. The predicted octanol–water partition coefficient (Wildman–Crippen LogP) is 5.75. The number of alkyl halides is 3. The van der Waals surface area contributed by atoms with Gasteiger partial charge in [-0.1, -0.05) is 18.2 Å². The van der Waals surface area contributed by atoms with Gasteiger partial charge in [0.05, 0.1) is 35.7 Å². The number of carbonyl (C=O) groups is 1. The number of aromatic amines is 1. The zero-order valence-corrected chi connectivity index (χ0v) is 27.5. The standard InChI is InChI=1S/C36H37F4N7O3/c1-45(31-5-3-2-4-23(31)14-22-6-7-22)25-8-9-47(21-25)32-17-29(37)26(24-18-42-35(43-19-24)46-10-12-50-13-11-46)15-30(32)44-34(49)27-20-41-33(48)16-28(27)36(38,39)40/h2-5,15-20,22,25H,6-14,21H2,1H3,(H,41,48)(H,44,49)/t25-/m1/s1. The number of halogens is 4. The molecule has 3 aliphatic rings. The van der Waals surface area contributed by atoms with Gasteiger partial charge in [0.25, 0.3) is 5.91 Å². The third kappa shape index (κ3) is 7.16. The quantitative estimate of drug-likeness (QED) is 0.214. The number of likely N-dealkylation sites (N-methyl/N-ethyl adjacent to an activating group) is 1. The molecule has 2 saturated heterocycles. The van der Waals surface area contributed by atoms with E-state index in [1.807, 2.05) is 29.0 Å². The minimum atomic E-state index is -4.96. The number of pyridine rings is 1. The number of benzene rings is 2. The molecule has 7 rings (SSSR count). The van der Waals surface area contributed by atoms with Crippen molar-refractivity contribution in [1.29, 1.82) is 0 Å². The van der Waals surface area contributed by atoms with Crippen LogP contribution in [-0.4, -0.2) is 73.3 Å². The van der Waals surface area contributed by atoms with E-state index in [2.05, 4.69) is 37.3 Å². The van der Waals surface area contributed by atoms with Crippen LogP contribution in [0.5, 0.6) is 0 Å². The first-order chi connectivity index (χ1) is 24.0. The van der Waals surface area contributed by atoms with Gasteiger partial charge >= 0.3 is 6.18 Å². The number of para-hydroxylation sites is 1. The van der Waals surface area contributed by atoms with Crippen LogP contribution in [-0.2, 0) is 17.3 Å². The second kappa shape index (κ2) is 13.7. The van der Waals surface area contributed by atoms with Crippen molar-refractivity contribution in [3.05, 3.63) is 93.9 Å². The van der Waals surface area contributed by atoms with Crippen LogP contribution in [0, 0.1) is 11.7 Å². The largest absolute Gasteiger partial charge is 0.417 e. The second-order valence-electron chi connectivity index (χ2n) is 13.1. The highest BCUT2D eigenvalue weighted by Gasteiger charge is 2.37. The van der Waals surface area contributed by atoms with Crippen molar-refractivity contribution in [2.45, 2.75) is 37.9 Å². The summed E-state index contributed by atoms with van der Waals surface area (Å²) >= 11 is 0. The molecule has 3 fully saturated rings. The molecule has 4 heterocycles. The summed E-state index contributed by atoms with van der Waals surface area (Å²) < 4.78 is 63.1. The highest BCUT2D eigenvalue weighted by atomic mass is 19.4. The molecule has 2 aliphatic heterocycles. The van der Waals surface area contributed by atoms with E-state index in [-0.39, 0.29) is 17.3 Å². The number of amides is 1. The molecule has 2 N–H and O–H groups in total. The maximum Gasteiger partial charge on any atom is 0.417 e. The first-order valence-electron chi connectivity index (χ1n) is 16.7. The molecule has 1 saturated carbocycles. The first-order valence-corrected chi connectivity index (χ1v) is 16.7. The van der Waals surface area contributed by atoms with Gasteiger partial charge in [0.15, 0.2) is 0 Å². The summed E-state index contributed by atoms with van der Waals surface area (Å²) in [6.07, 6.45) is 2.96. The Labute approximate surface area is 286 Å². The van der Waals surface area contributed by atoms with Gasteiger partial charge in [-0.3, -0.25) is 9.59 Å². The Morgan fingerprint density at radius 1 is 1.04 bits per heavy atom. The first kappa shape index (κ1) is 33.5. The third-order valence-electron chi connectivity index (χ3n) is 9.68. The molecule has 0 bridgehead atoms. The smallest absolute Gasteiger partial charge is 0.378 e. The monoisotopic (exact) mass is 691 g/mol. The summed E-state index contributed by atoms with van der Waals surface area (Å²) in [5, 5.41) is 2.60. The Morgan fingerprint density at radius 3 is 2.50 bits per heavy atom. The van der Waals surface area contributed by atoms with Gasteiger partial charge in [0, 0.05) is 80.7 Å². The van der Waals surface area contributed by atoms with E-state index < -0.39 is 34.6 Å². The average Bonchev–Trinajstić information content (AvgIpc) is 3.80. The molecular weight excluding hydrogens is 654 g/mol. The normalized spacial score (nSPS) is 18.0. The van der Waals surface area contributed by atoms with Crippen LogP contribution in [0.2, 0.25) is 0 Å². The predicted molar refractivity (Wildman–Crippen MR) is 182 cm³/mol. The number of nitrogens with zero attached hydrogens (tertiary/aromatic N) is 5. The molecule has 262 valence electrons. The van der Waals surface area contributed by atoms with Crippen LogP contribution in [0.3, 0.4) is 0 Å². The highest BCUT2D eigenvalue weighted by Crippen LogP contribution is 2.39. The van der Waals surface area contributed by atoms with Gasteiger partial charge in [-0.15, -0.1) is 0 Å². The van der Waals surface area contributed by atoms with E-state index in [0.29, 0.717) is 68.6 Å². The summed E-state index contributed by atoms with van der Waals surface area (Å²) in [5.41, 5.74) is 0.115. The Hall–Kier alpha value is -4.98. The maximum atomic E-state index is 16.0. The van der Waals surface area contributed by atoms with E-state index >= 15 is 4.39 Å². The molecule has 1 atom stereocenters. The van der Waals surface area contributed by atoms with E-state index in [0.717, 1.165) is 24.7 Å². The van der Waals surface area contributed by atoms with Crippen molar-refractivity contribution in [3.8, 4) is 11.1 Å². The summed E-state index contributed by atoms with van der Waals surface area (Å²) in [5.74, 6) is -0.537. The number of hydrogen-bond acceptors (Lipinski definition) is 8.